The molecule has 3 rings (SSSR count). The number of carbonyl (C=O) groups is 3. The lowest BCUT2D eigenvalue weighted by molar-refractivity contribution is -0.160. The molecule has 1 aromatic carbocycles. The average molecular weight is 536 g/mol. The van der Waals surface area contributed by atoms with Crippen LogP contribution in [0.2, 0.25) is 0 Å². The zero-order valence-electron chi connectivity index (χ0n) is 19.6. The van der Waals surface area contributed by atoms with Crippen LogP contribution in [0.5, 0.6) is 0 Å². The maximum Gasteiger partial charge on any atom is 0.407 e. The minimum atomic E-state index is -4.96. The van der Waals surface area contributed by atoms with Crippen LogP contribution < -0.4 is 16.0 Å². The van der Waals surface area contributed by atoms with E-state index < -0.39 is 68.9 Å². The standard InChI is InChI=1S/C23H29F4N3O5S/c1-2-17(19(31)22(33)28-16-9-10-16)30-21(32)18(12-36(34,35)11-13-3-4-13)29-20(23(25,26)27)14-5-7-15(24)8-6-14/h5-8,13,16-18,20,29H,2-4,9-12H2,1H3,(H,28,33)(H,30,32)/t17-,18-,20-/m0/s1. The molecule has 3 N–H and O–H groups in total. The van der Waals surface area contributed by atoms with Gasteiger partial charge in [-0.3, -0.25) is 19.7 Å². The normalized spacial score (nSPS) is 18.7. The first-order valence-electron chi connectivity index (χ1n) is 11.7. The molecule has 2 amide bonds. The fraction of sp³-hybridized carbons (Fsp3) is 0.609. The molecule has 0 saturated heterocycles. The second-order valence-corrected chi connectivity index (χ2v) is 11.5. The highest BCUT2D eigenvalue weighted by molar-refractivity contribution is 7.91. The van der Waals surface area contributed by atoms with Gasteiger partial charge in [-0.1, -0.05) is 19.1 Å². The lowest BCUT2D eigenvalue weighted by Crippen LogP contribution is -2.56. The van der Waals surface area contributed by atoms with Crippen molar-refractivity contribution in [1.82, 2.24) is 16.0 Å². The van der Waals surface area contributed by atoms with Crippen LogP contribution in [0, 0.1) is 11.7 Å². The van der Waals surface area contributed by atoms with E-state index in [4.69, 9.17) is 0 Å². The number of hydrogen-bond acceptors (Lipinski definition) is 6. The number of alkyl halides is 3. The van der Waals surface area contributed by atoms with Crippen LogP contribution in [0.4, 0.5) is 17.6 Å². The molecule has 0 spiro atoms. The number of amides is 2. The maximum atomic E-state index is 13.9. The molecule has 200 valence electrons. The highest BCUT2D eigenvalue weighted by atomic mass is 32.2. The van der Waals surface area contributed by atoms with Crippen molar-refractivity contribution in [3.05, 3.63) is 35.6 Å². The van der Waals surface area contributed by atoms with Gasteiger partial charge in [0.25, 0.3) is 5.91 Å². The second-order valence-electron chi connectivity index (χ2n) is 9.35. The molecule has 2 saturated carbocycles. The van der Waals surface area contributed by atoms with Gasteiger partial charge in [0.1, 0.15) is 17.9 Å². The molecule has 8 nitrogen and oxygen atoms in total. The molecule has 2 fully saturated rings. The van der Waals surface area contributed by atoms with Crippen molar-refractivity contribution < 1.29 is 40.4 Å². The number of Topliss-reactive ketones (excluding diaryl/α,β-unsaturated/α-hetero) is 1. The summed E-state index contributed by atoms with van der Waals surface area (Å²) >= 11 is 0. The van der Waals surface area contributed by atoms with E-state index in [2.05, 4.69) is 16.0 Å². The molecule has 0 aliphatic heterocycles. The summed E-state index contributed by atoms with van der Waals surface area (Å²) in [7, 11) is -3.94. The third-order valence-electron chi connectivity index (χ3n) is 6.00. The van der Waals surface area contributed by atoms with E-state index in [9.17, 15) is 40.4 Å². The summed E-state index contributed by atoms with van der Waals surface area (Å²) in [5.74, 6) is -5.14. The van der Waals surface area contributed by atoms with Crippen molar-refractivity contribution in [2.75, 3.05) is 11.5 Å². The largest absolute Gasteiger partial charge is 0.407 e. The summed E-state index contributed by atoms with van der Waals surface area (Å²) in [6, 6.07) is -2.44. The van der Waals surface area contributed by atoms with E-state index in [1.807, 2.05) is 0 Å². The molecule has 0 heterocycles. The van der Waals surface area contributed by atoms with Gasteiger partial charge in [-0.05, 0) is 55.7 Å². The summed E-state index contributed by atoms with van der Waals surface area (Å²) in [6.45, 7) is 1.50. The molecule has 2 aliphatic carbocycles. The van der Waals surface area contributed by atoms with Crippen molar-refractivity contribution in [1.29, 1.82) is 0 Å². The molecule has 3 atom stereocenters. The molecule has 1 aromatic rings. The quantitative estimate of drug-likeness (QED) is 0.262. The van der Waals surface area contributed by atoms with E-state index >= 15 is 0 Å². The van der Waals surface area contributed by atoms with E-state index in [0.29, 0.717) is 12.8 Å². The monoisotopic (exact) mass is 535 g/mol. The van der Waals surface area contributed by atoms with Gasteiger partial charge in [-0.2, -0.15) is 13.2 Å². The average Bonchev–Trinajstić information content (AvgIpc) is 3.72. The van der Waals surface area contributed by atoms with Gasteiger partial charge in [0, 0.05) is 6.04 Å². The molecule has 36 heavy (non-hydrogen) atoms. The van der Waals surface area contributed by atoms with Crippen molar-refractivity contribution in [2.24, 2.45) is 5.92 Å². The van der Waals surface area contributed by atoms with Gasteiger partial charge in [-0.15, -0.1) is 0 Å². The van der Waals surface area contributed by atoms with Gasteiger partial charge in [-0.25, -0.2) is 12.8 Å². The van der Waals surface area contributed by atoms with Crippen molar-refractivity contribution in [3.8, 4) is 0 Å². The number of carbonyl (C=O) groups excluding carboxylic acids is 3. The number of halogens is 4. The molecule has 0 bridgehead atoms. The fourth-order valence-electron chi connectivity index (χ4n) is 3.67. The van der Waals surface area contributed by atoms with E-state index in [0.717, 1.165) is 37.1 Å². The summed E-state index contributed by atoms with van der Waals surface area (Å²) in [6.07, 6.45) is -2.21. The number of ketones is 1. The number of sulfone groups is 1. The van der Waals surface area contributed by atoms with Crippen molar-refractivity contribution >= 4 is 27.4 Å². The van der Waals surface area contributed by atoms with Crippen LogP contribution in [-0.2, 0) is 24.2 Å². The van der Waals surface area contributed by atoms with E-state index in [-0.39, 0.29) is 24.1 Å². The lowest BCUT2D eigenvalue weighted by Gasteiger charge is -2.28. The van der Waals surface area contributed by atoms with Crippen LogP contribution in [-0.4, -0.2) is 61.8 Å². The highest BCUT2D eigenvalue weighted by Gasteiger charge is 2.44. The number of benzene rings is 1. The predicted octanol–water partition coefficient (Wildman–Crippen LogP) is 1.95. The summed E-state index contributed by atoms with van der Waals surface area (Å²) < 4.78 is 80.4. The molecular formula is C23H29F4N3O5S. The topological polar surface area (TPSA) is 121 Å². The highest BCUT2D eigenvalue weighted by Crippen LogP contribution is 2.34. The lowest BCUT2D eigenvalue weighted by atomic mass is 10.0. The Kier molecular flexibility index (Phi) is 8.75. The first kappa shape index (κ1) is 28.0. The van der Waals surface area contributed by atoms with Crippen molar-refractivity contribution in [2.45, 2.75) is 69.4 Å². The predicted molar refractivity (Wildman–Crippen MR) is 122 cm³/mol. The minimum absolute atomic E-state index is 0.0368. The van der Waals surface area contributed by atoms with Crippen LogP contribution >= 0.6 is 0 Å². The zero-order valence-corrected chi connectivity index (χ0v) is 20.4. The molecule has 13 heteroatoms. The first-order chi connectivity index (χ1) is 16.8. The third kappa shape index (κ3) is 8.26. The Morgan fingerprint density at radius 3 is 2.14 bits per heavy atom. The second kappa shape index (κ2) is 11.2. The number of rotatable bonds is 13. The Bertz CT molecular complexity index is 1070. The fourth-order valence-corrected chi connectivity index (χ4v) is 5.61. The number of nitrogens with one attached hydrogen (secondary N) is 3. The molecule has 0 unspecified atom stereocenters. The van der Waals surface area contributed by atoms with E-state index in [1.165, 1.54) is 6.92 Å². The van der Waals surface area contributed by atoms with Crippen LogP contribution in [0.25, 0.3) is 0 Å². The summed E-state index contributed by atoms with van der Waals surface area (Å²) in [5, 5.41) is 6.80. The first-order valence-corrected chi connectivity index (χ1v) is 13.5. The Hall–Kier alpha value is -2.54. The van der Waals surface area contributed by atoms with Crippen molar-refractivity contribution in [3.63, 3.8) is 0 Å². The van der Waals surface area contributed by atoms with Gasteiger partial charge in [0.15, 0.2) is 9.84 Å². The van der Waals surface area contributed by atoms with Crippen LogP contribution in [0.15, 0.2) is 24.3 Å². The van der Waals surface area contributed by atoms with E-state index in [1.54, 1.807) is 0 Å². The van der Waals surface area contributed by atoms with Gasteiger partial charge in [0.2, 0.25) is 11.7 Å². The maximum absolute atomic E-state index is 13.9. The Labute approximate surface area is 206 Å². The SMILES string of the molecule is CC[C@H](NC(=O)[C@H](CS(=O)(=O)CC1CC1)N[C@@H](c1ccc(F)cc1)C(F)(F)F)C(=O)C(=O)NC1CC1. The molecule has 2 aliphatic rings. The summed E-state index contributed by atoms with van der Waals surface area (Å²) in [5.41, 5.74) is -0.423. The third-order valence-corrected chi connectivity index (χ3v) is 7.82. The minimum Gasteiger partial charge on any atom is -0.347 e. The van der Waals surface area contributed by atoms with Gasteiger partial charge >= 0.3 is 6.18 Å². The van der Waals surface area contributed by atoms with Crippen LogP contribution in [0.1, 0.15) is 50.6 Å². The summed E-state index contributed by atoms with van der Waals surface area (Å²) in [4.78, 5) is 37.7. The van der Waals surface area contributed by atoms with Gasteiger partial charge < -0.3 is 10.6 Å². The Balaban J connectivity index is 1.82. The smallest absolute Gasteiger partial charge is 0.347 e. The number of hydrogen-bond donors (Lipinski definition) is 3. The Morgan fingerprint density at radius 1 is 1.03 bits per heavy atom. The molecule has 0 aromatic heterocycles. The van der Waals surface area contributed by atoms with Crippen LogP contribution in [0.3, 0.4) is 0 Å². The van der Waals surface area contributed by atoms with Gasteiger partial charge in [0.05, 0.1) is 17.5 Å². The Morgan fingerprint density at radius 2 is 1.64 bits per heavy atom. The molecular weight excluding hydrogens is 506 g/mol. The molecule has 0 radical (unpaired) electrons. The zero-order chi connectivity index (χ0) is 26.7.